The molecule has 0 aromatic heterocycles. The molecule has 86 valence electrons. The van der Waals surface area contributed by atoms with Gasteiger partial charge >= 0.3 is 0 Å². The van der Waals surface area contributed by atoms with Crippen LogP contribution in [-0.4, -0.2) is 30.4 Å². The molecule has 1 aromatic carbocycles. The van der Waals surface area contributed by atoms with Crippen LogP contribution in [0.5, 0.6) is 5.75 Å². The zero-order valence-electron chi connectivity index (χ0n) is 8.88. The largest absolute Gasteiger partial charge is 0.482 e. The number of rotatable bonds is 2. The summed E-state index contributed by atoms with van der Waals surface area (Å²) in [6, 6.07) is 5.30. The van der Waals surface area contributed by atoms with Crippen LogP contribution in [0.4, 0.5) is 5.69 Å². The average Bonchev–Trinajstić information content (AvgIpc) is 2.32. The minimum Gasteiger partial charge on any atom is -0.482 e. The number of aliphatic hydroxyl groups is 1. The van der Waals surface area contributed by atoms with Crippen molar-refractivity contribution in [3.05, 3.63) is 23.8 Å². The molecule has 4 nitrogen and oxygen atoms in total. The number of carbonyl (C=O) groups is 1. The number of aliphatic hydroxyl groups excluding tert-OH is 1. The van der Waals surface area contributed by atoms with Crippen LogP contribution < -0.4 is 9.64 Å². The Balaban J connectivity index is 2.40. The highest BCUT2D eigenvalue weighted by molar-refractivity contribution is 7.80. The van der Waals surface area contributed by atoms with E-state index in [0.717, 1.165) is 5.56 Å². The van der Waals surface area contributed by atoms with Crippen LogP contribution in [0.25, 0.3) is 0 Å². The van der Waals surface area contributed by atoms with Gasteiger partial charge in [0.15, 0.2) is 6.61 Å². The summed E-state index contributed by atoms with van der Waals surface area (Å²) in [5.41, 5.74) is 1.42. The lowest BCUT2D eigenvalue weighted by Gasteiger charge is -2.26. The Morgan fingerprint density at radius 1 is 1.62 bits per heavy atom. The zero-order valence-corrected chi connectivity index (χ0v) is 9.78. The SMILES string of the molecule is CN1C(=O)COc2ccc(C(O)CS)cc21. The van der Waals surface area contributed by atoms with Gasteiger partial charge in [-0.15, -0.1) is 0 Å². The van der Waals surface area contributed by atoms with E-state index in [1.54, 1.807) is 25.2 Å². The number of ether oxygens (including phenoxy) is 1. The summed E-state index contributed by atoms with van der Waals surface area (Å²) in [5, 5.41) is 9.66. The Labute approximate surface area is 99.2 Å². The third kappa shape index (κ3) is 1.88. The van der Waals surface area contributed by atoms with Gasteiger partial charge in [0.1, 0.15) is 5.75 Å². The van der Waals surface area contributed by atoms with Gasteiger partial charge in [0.25, 0.3) is 5.91 Å². The molecule has 0 bridgehead atoms. The minimum atomic E-state index is -0.626. The summed E-state index contributed by atoms with van der Waals surface area (Å²) >= 11 is 4.03. The first-order valence-electron chi connectivity index (χ1n) is 4.95. The van der Waals surface area contributed by atoms with Gasteiger partial charge in [-0.05, 0) is 17.7 Å². The molecule has 0 saturated carbocycles. The average molecular weight is 239 g/mol. The minimum absolute atomic E-state index is 0.0674. The molecule has 1 unspecified atom stereocenters. The van der Waals surface area contributed by atoms with Crippen LogP contribution in [0.2, 0.25) is 0 Å². The quantitative estimate of drug-likeness (QED) is 0.757. The van der Waals surface area contributed by atoms with E-state index in [0.29, 0.717) is 17.2 Å². The van der Waals surface area contributed by atoms with Crippen molar-refractivity contribution in [2.45, 2.75) is 6.10 Å². The Morgan fingerprint density at radius 3 is 3.06 bits per heavy atom. The number of hydrogen-bond donors (Lipinski definition) is 2. The van der Waals surface area contributed by atoms with Crippen molar-refractivity contribution in [3.63, 3.8) is 0 Å². The van der Waals surface area contributed by atoms with E-state index in [2.05, 4.69) is 12.6 Å². The van der Waals surface area contributed by atoms with E-state index in [-0.39, 0.29) is 12.5 Å². The molecule has 1 atom stereocenters. The van der Waals surface area contributed by atoms with Gasteiger partial charge in [-0.1, -0.05) is 6.07 Å². The highest BCUT2D eigenvalue weighted by Crippen LogP contribution is 2.33. The number of thiol groups is 1. The van der Waals surface area contributed by atoms with Crippen LogP contribution in [-0.2, 0) is 4.79 Å². The number of carbonyl (C=O) groups excluding carboxylic acids is 1. The molecule has 1 aliphatic rings. The third-order valence-corrected chi connectivity index (χ3v) is 2.97. The van der Waals surface area contributed by atoms with E-state index in [1.165, 1.54) is 4.90 Å². The first-order valence-corrected chi connectivity index (χ1v) is 5.59. The van der Waals surface area contributed by atoms with Crippen LogP contribution in [0.3, 0.4) is 0 Å². The second-order valence-electron chi connectivity index (χ2n) is 3.67. The fourth-order valence-corrected chi connectivity index (χ4v) is 1.81. The molecule has 1 aliphatic heterocycles. The topological polar surface area (TPSA) is 49.8 Å². The molecule has 0 radical (unpaired) electrons. The van der Waals surface area contributed by atoms with Crippen LogP contribution in [0.1, 0.15) is 11.7 Å². The van der Waals surface area contributed by atoms with Crippen LogP contribution in [0, 0.1) is 0 Å². The lowest BCUT2D eigenvalue weighted by Crippen LogP contribution is -2.35. The Kier molecular flexibility index (Phi) is 3.07. The number of benzene rings is 1. The number of nitrogens with zero attached hydrogens (tertiary/aromatic N) is 1. The normalized spacial score (nSPS) is 16.7. The van der Waals surface area contributed by atoms with E-state index in [1.807, 2.05) is 0 Å². The van der Waals surface area contributed by atoms with E-state index < -0.39 is 6.10 Å². The molecule has 0 saturated heterocycles. The monoisotopic (exact) mass is 239 g/mol. The van der Waals surface area contributed by atoms with Crippen LogP contribution in [0.15, 0.2) is 18.2 Å². The standard InChI is InChI=1S/C11H13NO3S/c1-12-8-4-7(9(13)6-16)2-3-10(8)15-5-11(12)14/h2-4,9,13,16H,5-6H2,1H3. The van der Waals surface area contributed by atoms with Crippen molar-refractivity contribution in [1.29, 1.82) is 0 Å². The van der Waals surface area contributed by atoms with Gasteiger partial charge in [-0.2, -0.15) is 12.6 Å². The van der Waals surface area contributed by atoms with E-state index in [9.17, 15) is 9.90 Å². The van der Waals surface area contributed by atoms with Crippen molar-refractivity contribution in [1.82, 2.24) is 0 Å². The van der Waals surface area contributed by atoms with Crippen molar-refractivity contribution in [2.24, 2.45) is 0 Å². The van der Waals surface area contributed by atoms with E-state index >= 15 is 0 Å². The molecule has 2 rings (SSSR count). The Morgan fingerprint density at radius 2 is 2.38 bits per heavy atom. The molecule has 0 spiro atoms. The number of fused-ring (bicyclic) bond motifs is 1. The predicted octanol–water partition coefficient (Wildman–Crippen LogP) is 1.00. The van der Waals surface area contributed by atoms with Crippen molar-refractivity contribution >= 4 is 24.2 Å². The molecule has 0 fully saturated rings. The highest BCUT2D eigenvalue weighted by Gasteiger charge is 2.23. The number of amides is 1. The molecule has 1 N–H and O–H groups in total. The van der Waals surface area contributed by atoms with Crippen LogP contribution >= 0.6 is 12.6 Å². The van der Waals surface area contributed by atoms with Gasteiger partial charge < -0.3 is 14.7 Å². The maximum absolute atomic E-state index is 11.4. The maximum Gasteiger partial charge on any atom is 0.264 e. The lowest BCUT2D eigenvalue weighted by molar-refractivity contribution is -0.120. The summed E-state index contributed by atoms with van der Waals surface area (Å²) in [6.07, 6.45) is -0.626. The Bertz CT molecular complexity index is 422. The van der Waals surface area contributed by atoms with Crippen molar-refractivity contribution in [3.8, 4) is 5.75 Å². The van der Waals surface area contributed by atoms with Gasteiger partial charge in [-0.3, -0.25) is 4.79 Å². The fourth-order valence-electron chi connectivity index (χ4n) is 1.60. The van der Waals surface area contributed by atoms with Gasteiger partial charge in [0.05, 0.1) is 11.8 Å². The summed E-state index contributed by atoms with van der Waals surface area (Å²) in [6.45, 7) is 0.0674. The second kappa shape index (κ2) is 4.35. The molecular formula is C11H13NO3S. The van der Waals surface area contributed by atoms with Crippen molar-refractivity contribution < 1.29 is 14.6 Å². The number of hydrogen-bond acceptors (Lipinski definition) is 4. The zero-order chi connectivity index (χ0) is 11.7. The second-order valence-corrected chi connectivity index (χ2v) is 4.03. The lowest BCUT2D eigenvalue weighted by atomic mass is 10.1. The number of anilines is 1. The Hall–Kier alpha value is -1.20. The fraction of sp³-hybridized carbons (Fsp3) is 0.364. The molecule has 0 aliphatic carbocycles. The molecule has 1 amide bonds. The predicted molar refractivity (Wildman–Crippen MR) is 64.2 cm³/mol. The van der Waals surface area contributed by atoms with E-state index in [4.69, 9.17) is 4.74 Å². The van der Waals surface area contributed by atoms with Gasteiger partial charge in [0, 0.05) is 12.8 Å². The smallest absolute Gasteiger partial charge is 0.264 e. The third-order valence-electron chi connectivity index (χ3n) is 2.63. The molecule has 16 heavy (non-hydrogen) atoms. The van der Waals surface area contributed by atoms with Gasteiger partial charge in [-0.25, -0.2) is 0 Å². The maximum atomic E-state index is 11.4. The molecule has 1 heterocycles. The highest BCUT2D eigenvalue weighted by atomic mass is 32.1. The summed E-state index contributed by atoms with van der Waals surface area (Å²) in [4.78, 5) is 13.0. The summed E-state index contributed by atoms with van der Waals surface area (Å²) in [5.74, 6) is 0.916. The molecule has 5 heteroatoms. The first kappa shape index (κ1) is 11.3. The number of likely N-dealkylation sites (N-methyl/N-ethyl adjacent to an activating group) is 1. The molecular weight excluding hydrogens is 226 g/mol. The van der Waals surface area contributed by atoms with Crippen molar-refractivity contribution in [2.75, 3.05) is 24.3 Å². The summed E-state index contributed by atoms with van der Waals surface area (Å²) in [7, 11) is 1.69. The first-order chi connectivity index (χ1) is 7.63. The molecule has 1 aromatic rings. The summed E-state index contributed by atoms with van der Waals surface area (Å²) < 4.78 is 5.28. The van der Waals surface area contributed by atoms with Gasteiger partial charge in [0.2, 0.25) is 0 Å².